The van der Waals surface area contributed by atoms with Crippen LogP contribution in [0.25, 0.3) is 0 Å². The van der Waals surface area contributed by atoms with E-state index in [1.165, 1.54) is 16.2 Å². The molecule has 8 heteroatoms. The summed E-state index contributed by atoms with van der Waals surface area (Å²) in [6.07, 6.45) is 1.53. The molecule has 0 fully saturated rings. The summed E-state index contributed by atoms with van der Waals surface area (Å²) >= 11 is 1.44. The molecule has 2 aromatic heterocycles. The van der Waals surface area contributed by atoms with E-state index in [2.05, 4.69) is 19.2 Å². The Morgan fingerprint density at radius 3 is 2.64 bits per heavy atom. The minimum Gasteiger partial charge on any atom is -0.485 e. The van der Waals surface area contributed by atoms with Gasteiger partial charge in [0, 0.05) is 11.4 Å². The van der Waals surface area contributed by atoms with Gasteiger partial charge >= 0.3 is 0 Å². The lowest BCUT2D eigenvalue weighted by molar-refractivity contribution is -0.149. The molecule has 0 saturated carbocycles. The fourth-order valence-corrected chi connectivity index (χ4v) is 4.48. The molecule has 2 atom stereocenters. The SMILES string of the molecule is CC(C)CCNC(=O)[C@@H](c1cccs1)N(Cc1ccco1)C(=O)[C@@H]1COc2ccccc2O1. The van der Waals surface area contributed by atoms with Crippen LogP contribution in [0.5, 0.6) is 11.5 Å². The van der Waals surface area contributed by atoms with Crippen molar-refractivity contribution in [3.05, 3.63) is 70.8 Å². The van der Waals surface area contributed by atoms with E-state index in [0.717, 1.165) is 11.3 Å². The molecule has 0 aliphatic carbocycles. The van der Waals surface area contributed by atoms with E-state index in [1.54, 1.807) is 30.5 Å². The normalized spacial score (nSPS) is 15.8. The van der Waals surface area contributed by atoms with Crippen LogP contribution >= 0.6 is 11.3 Å². The van der Waals surface area contributed by atoms with Crippen LogP contribution < -0.4 is 14.8 Å². The van der Waals surface area contributed by atoms with Crippen LogP contribution in [0.4, 0.5) is 0 Å². The number of furan rings is 1. The number of amides is 2. The van der Waals surface area contributed by atoms with E-state index in [4.69, 9.17) is 13.9 Å². The summed E-state index contributed by atoms with van der Waals surface area (Å²) in [5.41, 5.74) is 0. The van der Waals surface area contributed by atoms with Crippen LogP contribution in [0.1, 0.15) is 36.9 Å². The van der Waals surface area contributed by atoms with Crippen molar-refractivity contribution in [3.63, 3.8) is 0 Å². The molecular formula is C25H28N2O5S. The van der Waals surface area contributed by atoms with E-state index in [1.807, 2.05) is 29.6 Å². The fourth-order valence-electron chi connectivity index (χ4n) is 3.64. The second kappa shape index (κ2) is 10.6. The summed E-state index contributed by atoms with van der Waals surface area (Å²) in [7, 11) is 0. The van der Waals surface area contributed by atoms with Gasteiger partial charge < -0.3 is 24.1 Å². The molecule has 1 N–H and O–H groups in total. The largest absolute Gasteiger partial charge is 0.485 e. The quantitative estimate of drug-likeness (QED) is 0.503. The molecular weight excluding hydrogens is 440 g/mol. The second-order valence-corrected chi connectivity index (χ2v) is 9.28. The van der Waals surface area contributed by atoms with E-state index in [-0.39, 0.29) is 25.0 Å². The van der Waals surface area contributed by atoms with Gasteiger partial charge in [-0.05, 0) is 48.1 Å². The number of nitrogens with one attached hydrogen (secondary N) is 1. The molecule has 174 valence electrons. The molecule has 3 aromatic rings. The van der Waals surface area contributed by atoms with E-state index >= 15 is 0 Å². The van der Waals surface area contributed by atoms with Crippen molar-refractivity contribution in [2.45, 2.75) is 39.0 Å². The molecule has 1 aliphatic heterocycles. The first-order valence-corrected chi connectivity index (χ1v) is 11.9. The Bertz CT molecular complexity index is 1050. The van der Waals surface area contributed by atoms with Crippen LogP contribution in [0.15, 0.2) is 64.6 Å². The zero-order valence-corrected chi connectivity index (χ0v) is 19.5. The zero-order valence-electron chi connectivity index (χ0n) is 18.7. The van der Waals surface area contributed by atoms with Gasteiger partial charge in [-0.25, -0.2) is 0 Å². The lowest BCUT2D eigenvalue weighted by Crippen LogP contribution is -2.50. The highest BCUT2D eigenvalue weighted by molar-refractivity contribution is 7.10. The van der Waals surface area contributed by atoms with Crippen molar-refractivity contribution in [1.29, 1.82) is 0 Å². The van der Waals surface area contributed by atoms with Crippen LogP contribution in [0, 0.1) is 5.92 Å². The van der Waals surface area contributed by atoms with Gasteiger partial charge in [-0.1, -0.05) is 32.0 Å². The van der Waals surface area contributed by atoms with Crippen molar-refractivity contribution < 1.29 is 23.5 Å². The topological polar surface area (TPSA) is 81.0 Å². The molecule has 0 bridgehead atoms. The lowest BCUT2D eigenvalue weighted by Gasteiger charge is -2.34. The number of hydrogen-bond donors (Lipinski definition) is 1. The highest BCUT2D eigenvalue weighted by Crippen LogP contribution is 2.33. The summed E-state index contributed by atoms with van der Waals surface area (Å²) in [6, 6.07) is 13.7. The number of carbonyl (C=O) groups is 2. The average Bonchev–Trinajstić information content (AvgIpc) is 3.52. The molecule has 0 unspecified atom stereocenters. The van der Waals surface area contributed by atoms with Crippen LogP contribution in [-0.4, -0.2) is 36.0 Å². The average molecular weight is 469 g/mol. The number of nitrogens with zero attached hydrogens (tertiary/aromatic N) is 1. The molecule has 3 heterocycles. The molecule has 1 aromatic carbocycles. The zero-order chi connectivity index (χ0) is 23.2. The number of thiophene rings is 1. The van der Waals surface area contributed by atoms with E-state index < -0.39 is 12.1 Å². The minimum atomic E-state index is -0.874. The molecule has 1 aliphatic rings. The smallest absolute Gasteiger partial charge is 0.268 e. The van der Waals surface area contributed by atoms with Crippen molar-refractivity contribution in [3.8, 4) is 11.5 Å². The number of benzene rings is 1. The number of rotatable bonds is 9. The Balaban J connectivity index is 1.62. The fraction of sp³-hybridized carbons (Fsp3) is 0.360. The Morgan fingerprint density at radius 1 is 1.12 bits per heavy atom. The van der Waals surface area contributed by atoms with Gasteiger partial charge in [0.05, 0.1) is 12.8 Å². The van der Waals surface area contributed by atoms with E-state index in [9.17, 15) is 9.59 Å². The first-order chi connectivity index (χ1) is 16.0. The number of ether oxygens (including phenoxy) is 2. The van der Waals surface area contributed by atoms with Crippen LogP contribution in [0.2, 0.25) is 0 Å². The third-order valence-corrected chi connectivity index (χ3v) is 6.29. The number of fused-ring (bicyclic) bond motifs is 1. The molecule has 7 nitrogen and oxygen atoms in total. The maximum atomic E-state index is 13.8. The van der Waals surface area contributed by atoms with Gasteiger partial charge in [0.1, 0.15) is 18.4 Å². The van der Waals surface area contributed by atoms with Gasteiger partial charge in [0.15, 0.2) is 11.5 Å². The van der Waals surface area contributed by atoms with Gasteiger partial charge in [0.2, 0.25) is 12.0 Å². The summed E-state index contributed by atoms with van der Waals surface area (Å²) in [4.78, 5) is 29.4. The minimum absolute atomic E-state index is 0.0661. The molecule has 4 rings (SSSR count). The van der Waals surface area contributed by atoms with Crippen molar-refractivity contribution in [2.24, 2.45) is 5.92 Å². The van der Waals surface area contributed by atoms with Gasteiger partial charge in [-0.3, -0.25) is 9.59 Å². The van der Waals surface area contributed by atoms with Crippen LogP contribution in [-0.2, 0) is 16.1 Å². The maximum Gasteiger partial charge on any atom is 0.268 e. The van der Waals surface area contributed by atoms with Gasteiger partial charge in [-0.15, -0.1) is 11.3 Å². The number of para-hydroxylation sites is 2. The Hall–Kier alpha value is -3.26. The highest BCUT2D eigenvalue weighted by atomic mass is 32.1. The molecule has 0 spiro atoms. The summed E-state index contributed by atoms with van der Waals surface area (Å²) in [5.74, 6) is 1.58. The molecule has 33 heavy (non-hydrogen) atoms. The molecule has 2 amide bonds. The predicted octanol–water partition coefficient (Wildman–Crippen LogP) is 4.41. The van der Waals surface area contributed by atoms with E-state index in [0.29, 0.717) is 29.7 Å². The monoisotopic (exact) mass is 468 g/mol. The van der Waals surface area contributed by atoms with Crippen molar-refractivity contribution in [1.82, 2.24) is 10.2 Å². The first kappa shape index (κ1) is 22.9. The summed E-state index contributed by atoms with van der Waals surface area (Å²) in [5, 5.41) is 4.91. The maximum absolute atomic E-state index is 13.8. The molecule has 0 radical (unpaired) electrons. The highest BCUT2D eigenvalue weighted by Gasteiger charge is 2.39. The predicted molar refractivity (Wildman–Crippen MR) is 125 cm³/mol. The summed E-state index contributed by atoms with van der Waals surface area (Å²) < 4.78 is 17.3. The first-order valence-electron chi connectivity index (χ1n) is 11.1. The van der Waals surface area contributed by atoms with Gasteiger partial charge in [-0.2, -0.15) is 0 Å². The Kier molecular flexibility index (Phi) is 7.34. The van der Waals surface area contributed by atoms with Gasteiger partial charge in [0.25, 0.3) is 5.91 Å². The third-order valence-electron chi connectivity index (χ3n) is 5.37. The second-order valence-electron chi connectivity index (χ2n) is 8.30. The third kappa shape index (κ3) is 5.57. The number of hydrogen-bond acceptors (Lipinski definition) is 6. The molecule has 0 saturated heterocycles. The lowest BCUT2D eigenvalue weighted by atomic mass is 10.1. The van der Waals surface area contributed by atoms with Crippen molar-refractivity contribution >= 4 is 23.2 Å². The standard InChI is InChI=1S/C25H28N2O5S/c1-17(2)11-12-26-24(28)23(22-10-6-14-33-22)27(15-18-7-5-13-30-18)25(29)21-16-31-19-8-3-4-9-20(19)32-21/h3-10,13-14,17,21,23H,11-12,15-16H2,1-2H3,(H,26,28)/t21-,23+/m0/s1. The summed E-state index contributed by atoms with van der Waals surface area (Å²) in [6.45, 7) is 4.95. The number of carbonyl (C=O) groups excluding carboxylic acids is 2. The van der Waals surface area contributed by atoms with Crippen molar-refractivity contribution in [2.75, 3.05) is 13.2 Å². The van der Waals surface area contributed by atoms with Crippen LogP contribution in [0.3, 0.4) is 0 Å². The Labute approximate surface area is 197 Å². The Morgan fingerprint density at radius 2 is 1.94 bits per heavy atom.